The monoisotopic (exact) mass is 292 g/mol. The minimum absolute atomic E-state index is 0.0470. The van der Waals surface area contributed by atoms with Crippen LogP contribution in [0, 0.1) is 0 Å². The van der Waals surface area contributed by atoms with E-state index in [4.69, 9.17) is 17.1 Å². The van der Waals surface area contributed by atoms with Gasteiger partial charge in [0.15, 0.2) is 5.82 Å². The molecule has 108 valence electrons. The van der Waals surface area contributed by atoms with E-state index in [0.29, 0.717) is 23.3 Å². The number of ether oxygens (including phenoxy) is 1. The van der Waals surface area contributed by atoms with E-state index >= 15 is 0 Å². The number of hydrogen-bond donors (Lipinski definition) is 1. The van der Waals surface area contributed by atoms with Crippen LogP contribution in [0.2, 0.25) is 0 Å². The summed E-state index contributed by atoms with van der Waals surface area (Å²) in [4.78, 5) is 4.30. The van der Waals surface area contributed by atoms with Crippen molar-refractivity contribution in [3.05, 3.63) is 53.9 Å². The van der Waals surface area contributed by atoms with Gasteiger partial charge in [0, 0.05) is 6.42 Å². The normalized spacial score (nSPS) is 10.6. The number of phenols is 1. The van der Waals surface area contributed by atoms with E-state index in [9.17, 15) is 5.11 Å². The van der Waals surface area contributed by atoms with Gasteiger partial charge >= 0.3 is 0 Å². The molecular formula is C16H13BN2O3. The van der Waals surface area contributed by atoms with Gasteiger partial charge in [-0.25, -0.2) is 0 Å². The second-order valence-electron chi connectivity index (χ2n) is 4.82. The minimum Gasteiger partial charge on any atom is -0.507 e. The maximum Gasteiger partial charge on any atom is 0.261 e. The summed E-state index contributed by atoms with van der Waals surface area (Å²) in [6.45, 7) is 0. The Hall–Kier alpha value is -2.76. The highest BCUT2D eigenvalue weighted by molar-refractivity contribution is 6.32. The average Bonchev–Trinajstić information content (AvgIpc) is 2.98. The predicted molar refractivity (Wildman–Crippen MR) is 82.6 cm³/mol. The van der Waals surface area contributed by atoms with E-state index in [0.717, 1.165) is 11.3 Å². The number of methoxy groups -OCH3 is 1. The molecule has 1 aromatic heterocycles. The first-order chi connectivity index (χ1) is 10.7. The predicted octanol–water partition coefficient (Wildman–Crippen LogP) is 1.84. The summed E-state index contributed by atoms with van der Waals surface area (Å²) in [6, 6.07) is 12.3. The molecule has 0 fully saturated rings. The molecule has 1 heterocycles. The molecule has 22 heavy (non-hydrogen) atoms. The van der Waals surface area contributed by atoms with Crippen LogP contribution in [0.15, 0.2) is 47.0 Å². The van der Waals surface area contributed by atoms with Crippen LogP contribution < -0.4 is 10.2 Å². The third-order valence-corrected chi connectivity index (χ3v) is 3.22. The number of hydrogen-bond acceptors (Lipinski definition) is 5. The molecule has 5 nitrogen and oxygen atoms in total. The molecule has 0 saturated carbocycles. The lowest BCUT2D eigenvalue weighted by Gasteiger charge is -2.01. The van der Waals surface area contributed by atoms with Crippen LogP contribution in [0.1, 0.15) is 11.4 Å². The largest absolute Gasteiger partial charge is 0.507 e. The molecule has 3 aromatic rings. The van der Waals surface area contributed by atoms with Gasteiger partial charge in [0.25, 0.3) is 5.89 Å². The Morgan fingerprint density at radius 1 is 1.23 bits per heavy atom. The standard InChI is InChI=1S/C16H13BN2O3/c1-21-12-4-2-3-10(7-12)8-15-18-16(22-19-15)13-9-11(17)5-6-14(13)20/h2-7,9,20H,8H2,1H3. The molecule has 0 atom stereocenters. The summed E-state index contributed by atoms with van der Waals surface area (Å²) in [7, 11) is 7.33. The molecule has 6 heteroatoms. The Balaban J connectivity index is 1.86. The van der Waals surface area contributed by atoms with Crippen molar-refractivity contribution < 1.29 is 14.4 Å². The zero-order chi connectivity index (χ0) is 15.5. The van der Waals surface area contributed by atoms with Crippen molar-refractivity contribution >= 4 is 13.3 Å². The summed E-state index contributed by atoms with van der Waals surface area (Å²) in [5.74, 6) is 1.58. The number of nitrogens with zero attached hydrogens (tertiary/aromatic N) is 2. The van der Waals surface area contributed by atoms with Gasteiger partial charge in [-0.05, 0) is 23.8 Å². The van der Waals surface area contributed by atoms with Crippen LogP contribution in [0.3, 0.4) is 0 Å². The molecule has 1 N–H and O–H groups in total. The molecule has 0 bridgehead atoms. The fourth-order valence-electron chi connectivity index (χ4n) is 2.13. The van der Waals surface area contributed by atoms with Gasteiger partial charge in [-0.1, -0.05) is 34.9 Å². The van der Waals surface area contributed by atoms with Crippen molar-refractivity contribution in [3.63, 3.8) is 0 Å². The van der Waals surface area contributed by atoms with E-state index in [2.05, 4.69) is 10.1 Å². The SMILES string of the molecule is [B]c1ccc(O)c(-c2nc(Cc3cccc(OC)c3)no2)c1. The summed E-state index contributed by atoms with van der Waals surface area (Å²) >= 11 is 0. The summed E-state index contributed by atoms with van der Waals surface area (Å²) in [5.41, 5.74) is 1.94. The Morgan fingerprint density at radius 2 is 2.09 bits per heavy atom. The lowest BCUT2D eigenvalue weighted by atomic mass is 9.94. The Labute approximate surface area is 129 Å². The molecule has 0 spiro atoms. The molecule has 0 unspecified atom stereocenters. The van der Waals surface area contributed by atoms with Crippen LogP contribution >= 0.6 is 0 Å². The van der Waals surface area contributed by atoms with Crippen LogP contribution in [-0.4, -0.2) is 30.2 Å². The van der Waals surface area contributed by atoms with Gasteiger partial charge in [0.1, 0.15) is 19.3 Å². The number of aromatic nitrogens is 2. The molecule has 3 rings (SSSR count). The molecule has 2 radical (unpaired) electrons. The molecule has 2 aromatic carbocycles. The Morgan fingerprint density at radius 3 is 2.91 bits per heavy atom. The number of rotatable bonds is 4. The topological polar surface area (TPSA) is 68.4 Å². The zero-order valence-corrected chi connectivity index (χ0v) is 12.0. The van der Waals surface area contributed by atoms with Gasteiger partial charge in [-0.2, -0.15) is 4.98 Å². The summed E-state index contributed by atoms with van der Waals surface area (Å²) in [5, 5.41) is 13.8. The highest BCUT2D eigenvalue weighted by atomic mass is 16.5. The van der Waals surface area contributed by atoms with E-state index < -0.39 is 0 Å². The van der Waals surface area contributed by atoms with E-state index in [-0.39, 0.29) is 11.6 Å². The van der Waals surface area contributed by atoms with Crippen molar-refractivity contribution in [3.8, 4) is 23.0 Å². The first-order valence-electron chi connectivity index (χ1n) is 6.70. The second-order valence-corrected chi connectivity index (χ2v) is 4.82. The number of aromatic hydroxyl groups is 1. The first kappa shape index (κ1) is 14.2. The summed E-state index contributed by atoms with van der Waals surface area (Å²) in [6.07, 6.45) is 0.504. The van der Waals surface area contributed by atoms with E-state index in [1.807, 2.05) is 24.3 Å². The Bertz CT molecular complexity index is 802. The highest BCUT2D eigenvalue weighted by Gasteiger charge is 2.13. The molecule has 0 aliphatic rings. The Kier molecular flexibility index (Phi) is 3.83. The van der Waals surface area contributed by atoms with Crippen molar-refractivity contribution in [2.75, 3.05) is 7.11 Å². The van der Waals surface area contributed by atoms with Crippen LogP contribution in [0.25, 0.3) is 11.5 Å². The lowest BCUT2D eigenvalue weighted by molar-refractivity contribution is 0.413. The third kappa shape index (κ3) is 2.95. The molecule has 0 saturated heterocycles. The molecular weight excluding hydrogens is 279 g/mol. The van der Waals surface area contributed by atoms with Crippen molar-refractivity contribution in [1.29, 1.82) is 0 Å². The van der Waals surface area contributed by atoms with Gasteiger partial charge in [-0.15, -0.1) is 0 Å². The lowest BCUT2D eigenvalue weighted by Crippen LogP contribution is -2.01. The molecule has 0 aliphatic heterocycles. The van der Waals surface area contributed by atoms with Crippen LogP contribution in [0.4, 0.5) is 0 Å². The van der Waals surface area contributed by atoms with Crippen molar-refractivity contribution in [1.82, 2.24) is 10.1 Å². The number of benzene rings is 2. The maximum atomic E-state index is 9.86. The quantitative estimate of drug-likeness (QED) is 0.743. The minimum atomic E-state index is 0.0470. The van der Waals surface area contributed by atoms with Gasteiger partial charge < -0.3 is 14.4 Å². The zero-order valence-electron chi connectivity index (χ0n) is 12.0. The van der Waals surface area contributed by atoms with Gasteiger partial charge in [0.2, 0.25) is 0 Å². The van der Waals surface area contributed by atoms with Gasteiger partial charge in [0.05, 0.1) is 12.7 Å². The second kappa shape index (κ2) is 5.93. The fourth-order valence-corrected chi connectivity index (χ4v) is 2.13. The maximum absolute atomic E-state index is 9.86. The number of phenolic OH excluding ortho intramolecular Hbond substituents is 1. The van der Waals surface area contributed by atoms with Crippen LogP contribution in [0.5, 0.6) is 11.5 Å². The van der Waals surface area contributed by atoms with Crippen LogP contribution in [-0.2, 0) is 6.42 Å². The third-order valence-electron chi connectivity index (χ3n) is 3.22. The van der Waals surface area contributed by atoms with Crippen molar-refractivity contribution in [2.24, 2.45) is 0 Å². The molecule has 0 amide bonds. The first-order valence-corrected chi connectivity index (χ1v) is 6.70. The van der Waals surface area contributed by atoms with E-state index in [1.165, 1.54) is 6.07 Å². The van der Waals surface area contributed by atoms with Crippen molar-refractivity contribution in [2.45, 2.75) is 6.42 Å². The smallest absolute Gasteiger partial charge is 0.261 e. The van der Waals surface area contributed by atoms with E-state index in [1.54, 1.807) is 19.2 Å². The summed E-state index contributed by atoms with van der Waals surface area (Å²) < 4.78 is 10.4. The fraction of sp³-hybridized carbons (Fsp3) is 0.125. The molecule has 0 aliphatic carbocycles. The average molecular weight is 292 g/mol. The highest BCUT2D eigenvalue weighted by Crippen LogP contribution is 2.26. The van der Waals surface area contributed by atoms with Gasteiger partial charge in [-0.3, -0.25) is 0 Å².